The van der Waals surface area contributed by atoms with Crippen LogP contribution in [0.5, 0.6) is 11.5 Å². The van der Waals surface area contributed by atoms with Gasteiger partial charge in [0.25, 0.3) is 5.91 Å². The fourth-order valence-corrected chi connectivity index (χ4v) is 2.58. The third kappa shape index (κ3) is 6.08. The molecule has 0 aliphatic carbocycles. The Hall–Kier alpha value is -2.53. The van der Waals surface area contributed by atoms with Gasteiger partial charge in [0, 0.05) is 18.5 Å². The minimum absolute atomic E-state index is 0.0859. The molecule has 0 saturated carbocycles. The molecule has 1 atom stereocenters. The molecule has 140 valence electrons. The summed E-state index contributed by atoms with van der Waals surface area (Å²) in [5, 5.41) is 13.4. The van der Waals surface area contributed by atoms with Gasteiger partial charge in [0.1, 0.15) is 11.5 Å². The predicted octanol–water partition coefficient (Wildman–Crippen LogP) is 3.21. The van der Waals surface area contributed by atoms with Gasteiger partial charge < -0.3 is 19.9 Å². The number of rotatable bonds is 8. The van der Waals surface area contributed by atoms with E-state index in [-0.39, 0.29) is 18.6 Å². The van der Waals surface area contributed by atoms with Crippen molar-refractivity contribution >= 4 is 5.91 Å². The Kier molecular flexibility index (Phi) is 6.64. The van der Waals surface area contributed by atoms with Crippen molar-refractivity contribution in [2.24, 2.45) is 0 Å². The first-order valence-electron chi connectivity index (χ1n) is 8.69. The molecule has 0 aliphatic rings. The second-order valence-corrected chi connectivity index (χ2v) is 6.90. The summed E-state index contributed by atoms with van der Waals surface area (Å²) in [5.41, 5.74) is 0.451. The summed E-state index contributed by atoms with van der Waals surface area (Å²) in [6.07, 6.45) is 0.515. The number of aliphatic hydroxyl groups is 1. The van der Waals surface area contributed by atoms with Crippen LogP contribution in [-0.4, -0.2) is 36.4 Å². The lowest BCUT2D eigenvalue weighted by atomic mass is 9.96. The van der Waals surface area contributed by atoms with Crippen LogP contribution < -0.4 is 14.8 Å². The molecule has 0 saturated heterocycles. The molecule has 1 amide bonds. The first-order valence-corrected chi connectivity index (χ1v) is 8.69. The number of hydrogen-bond donors (Lipinski definition) is 2. The van der Waals surface area contributed by atoms with E-state index in [1.165, 1.54) is 0 Å². The van der Waals surface area contributed by atoms with Crippen LogP contribution in [0, 0.1) is 0 Å². The number of nitrogens with one attached hydrogen (secondary N) is 1. The van der Waals surface area contributed by atoms with Gasteiger partial charge in [-0.25, -0.2) is 0 Å². The smallest absolute Gasteiger partial charge is 0.251 e. The molecule has 0 heterocycles. The van der Waals surface area contributed by atoms with Gasteiger partial charge >= 0.3 is 0 Å². The number of methoxy groups -OCH3 is 1. The summed E-state index contributed by atoms with van der Waals surface area (Å²) in [6, 6.07) is 14.5. The maximum absolute atomic E-state index is 12.3. The molecular formula is C21H27NO4. The maximum atomic E-state index is 12.3. The van der Waals surface area contributed by atoms with Gasteiger partial charge in [-0.05, 0) is 62.7 Å². The Balaban J connectivity index is 1.89. The molecule has 0 aliphatic heterocycles. The summed E-state index contributed by atoms with van der Waals surface area (Å²) < 4.78 is 10.7. The van der Waals surface area contributed by atoms with E-state index in [4.69, 9.17) is 9.47 Å². The Morgan fingerprint density at radius 3 is 2.19 bits per heavy atom. The molecule has 1 unspecified atom stereocenters. The van der Waals surface area contributed by atoms with Crippen LogP contribution in [0.25, 0.3) is 0 Å². The Labute approximate surface area is 155 Å². The third-order valence-electron chi connectivity index (χ3n) is 3.86. The first kappa shape index (κ1) is 19.8. The molecule has 2 N–H and O–H groups in total. The normalized spacial score (nSPS) is 13.2. The van der Waals surface area contributed by atoms with Gasteiger partial charge in [-0.1, -0.05) is 12.1 Å². The lowest BCUT2D eigenvalue weighted by molar-refractivity contribution is 0.0552. The molecule has 2 aromatic carbocycles. The zero-order valence-electron chi connectivity index (χ0n) is 15.8. The highest BCUT2D eigenvalue weighted by molar-refractivity contribution is 5.94. The number of hydrogen-bond acceptors (Lipinski definition) is 4. The van der Waals surface area contributed by atoms with Gasteiger partial charge in [-0.2, -0.15) is 0 Å². The zero-order chi connectivity index (χ0) is 19.2. The van der Waals surface area contributed by atoms with Crippen molar-refractivity contribution in [3.05, 3.63) is 59.7 Å². The monoisotopic (exact) mass is 357 g/mol. The summed E-state index contributed by atoms with van der Waals surface area (Å²) in [6.45, 7) is 5.76. The topological polar surface area (TPSA) is 67.8 Å². The third-order valence-corrected chi connectivity index (χ3v) is 3.86. The maximum Gasteiger partial charge on any atom is 0.251 e. The molecule has 5 heteroatoms. The van der Waals surface area contributed by atoms with Gasteiger partial charge in [0.2, 0.25) is 0 Å². The Morgan fingerprint density at radius 1 is 1.08 bits per heavy atom. The molecule has 0 radical (unpaired) electrons. The van der Waals surface area contributed by atoms with E-state index in [0.29, 0.717) is 12.0 Å². The largest absolute Gasteiger partial charge is 0.497 e. The second-order valence-electron chi connectivity index (χ2n) is 6.90. The van der Waals surface area contributed by atoms with E-state index in [0.717, 1.165) is 17.1 Å². The highest BCUT2D eigenvalue weighted by Gasteiger charge is 2.22. The van der Waals surface area contributed by atoms with Gasteiger partial charge in [-0.15, -0.1) is 0 Å². The number of ether oxygens (including phenoxy) is 2. The number of carbonyl (C=O) groups is 1. The lowest BCUT2D eigenvalue weighted by Crippen LogP contribution is -2.42. The first-order chi connectivity index (χ1) is 12.3. The average Bonchev–Trinajstić information content (AvgIpc) is 2.60. The van der Waals surface area contributed by atoms with Crippen molar-refractivity contribution in [1.82, 2.24) is 5.32 Å². The fourth-order valence-electron chi connectivity index (χ4n) is 2.58. The van der Waals surface area contributed by atoms with Crippen molar-refractivity contribution in [2.45, 2.75) is 38.9 Å². The second kappa shape index (κ2) is 8.72. The zero-order valence-corrected chi connectivity index (χ0v) is 15.8. The number of benzene rings is 2. The summed E-state index contributed by atoms with van der Waals surface area (Å²) in [4.78, 5) is 12.3. The van der Waals surface area contributed by atoms with Crippen molar-refractivity contribution in [2.75, 3.05) is 13.7 Å². The van der Waals surface area contributed by atoms with Crippen LogP contribution in [0.4, 0.5) is 0 Å². The van der Waals surface area contributed by atoms with E-state index >= 15 is 0 Å². The Bertz CT molecular complexity index is 706. The van der Waals surface area contributed by atoms with Crippen LogP contribution >= 0.6 is 0 Å². The van der Waals surface area contributed by atoms with Crippen molar-refractivity contribution < 1.29 is 19.4 Å². The van der Waals surface area contributed by atoms with Crippen LogP contribution in [0.1, 0.15) is 36.7 Å². The van der Waals surface area contributed by atoms with E-state index < -0.39 is 5.60 Å². The fraction of sp³-hybridized carbons (Fsp3) is 0.381. The van der Waals surface area contributed by atoms with Crippen molar-refractivity contribution in [3.8, 4) is 11.5 Å². The summed E-state index contributed by atoms with van der Waals surface area (Å²) in [5.74, 6) is 1.27. The standard InChI is InChI=1S/C21H27NO4/c1-15(2)26-19-11-7-17(8-12-19)20(23)22-14-21(3,24)13-16-5-9-18(25-4)10-6-16/h5-12,15,24H,13-14H2,1-4H3,(H,22,23). The molecule has 0 aromatic heterocycles. The number of carbonyl (C=O) groups excluding carboxylic acids is 1. The van der Waals surface area contributed by atoms with Crippen molar-refractivity contribution in [3.63, 3.8) is 0 Å². The van der Waals surface area contributed by atoms with E-state index in [1.54, 1.807) is 38.3 Å². The number of amides is 1. The minimum Gasteiger partial charge on any atom is -0.497 e. The summed E-state index contributed by atoms with van der Waals surface area (Å²) >= 11 is 0. The molecule has 0 fully saturated rings. The van der Waals surface area contributed by atoms with E-state index in [9.17, 15) is 9.90 Å². The molecule has 0 bridgehead atoms. The summed E-state index contributed by atoms with van der Waals surface area (Å²) in [7, 11) is 1.61. The van der Waals surface area contributed by atoms with Crippen LogP contribution in [0.3, 0.4) is 0 Å². The lowest BCUT2D eigenvalue weighted by Gasteiger charge is -2.24. The average molecular weight is 357 g/mol. The van der Waals surface area contributed by atoms with Gasteiger partial charge in [0.15, 0.2) is 0 Å². The van der Waals surface area contributed by atoms with Gasteiger partial charge in [0.05, 0.1) is 18.8 Å². The molecule has 5 nitrogen and oxygen atoms in total. The van der Waals surface area contributed by atoms with Crippen molar-refractivity contribution in [1.29, 1.82) is 0 Å². The van der Waals surface area contributed by atoms with Gasteiger partial charge in [-0.3, -0.25) is 4.79 Å². The molecule has 2 rings (SSSR count). The van der Waals surface area contributed by atoms with E-state index in [1.807, 2.05) is 38.1 Å². The SMILES string of the molecule is COc1ccc(CC(C)(O)CNC(=O)c2ccc(OC(C)C)cc2)cc1. The highest BCUT2D eigenvalue weighted by Crippen LogP contribution is 2.17. The molecule has 26 heavy (non-hydrogen) atoms. The van der Waals surface area contributed by atoms with E-state index in [2.05, 4.69) is 5.32 Å². The quantitative estimate of drug-likeness (QED) is 0.761. The highest BCUT2D eigenvalue weighted by atomic mass is 16.5. The molecular weight excluding hydrogens is 330 g/mol. The molecule has 2 aromatic rings. The predicted molar refractivity (Wildman–Crippen MR) is 102 cm³/mol. The van der Waals surface area contributed by atoms with Crippen LogP contribution in [0.15, 0.2) is 48.5 Å². The molecule has 0 spiro atoms. The minimum atomic E-state index is -1.05. The Morgan fingerprint density at radius 2 is 1.65 bits per heavy atom. The van der Waals surface area contributed by atoms with Crippen LogP contribution in [-0.2, 0) is 6.42 Å². The van der Waals surface area contributed by atoms with Crippen LogP contribution in [0.2, 0.25) is 0 Å².